The van der Waals surface area contributed by atoms with Crippen molar-refractivity contribution in [2.75, 3.05) is 6.79 Å². The Bertz CT molecular complexity index is 613. The molecule has 4 nitrogen and oxygen atoms in total. The van der Waals surface area contributed by atoms with Gasteiger partial charge in [-0.3, -0.25) is 4.79 Å². The molecule has 4 heteroatoms. The van der Waals surface area contributed by atoms with E-state index in [0.29, 0.717) is 5.75 Å². The first-order chi connectivity index (χ1) is 8.20. The molecular formula is C13H13NO3. The number of hydrogen-bond donors (Lipinski definition) is 0. The van der Waals surface area contributed by atoms with Gasteiger partial charge in [0.05, 0.1) is 5.52 Å². The number of ether oxygens (including phenoxy) is 2. The lowest BCUT2D eigenvalue weighted by atomic mass is 10.1. The van der Waals surface area contributed by atoms with Gasteiger partial charge in [-0.05, 0) is 19.9 Å². The van der Waals surface area contributed by atoms with E-state index in [2.05, 4.69) is 0 Å². The minimum absolute atomic E-state index is 0.0704. The van der Waals surface area contributed by atoms with Gasteiger partial charge in [0.25, 0.3) is 0 Å². The van der Waals surface area contributed by atoms with Crippen molar-refractivity contribution in [3.63, 3.8) is 0 Å². The maximum absolute atomic E-state index is 11.6. The second-order valence-electron chi connectivity index (χ2n) is 4.11. The highest BCUT2D eigenvalue weighted by Crippen LogP contribution is 2.37. The molecule has 0 saturated carbocycles. The number of aryl methyl sites for hydroxylation is 1. The Balaban J connectivity index is 2.34. The molecule has 0 atom stereocenters. The van der Waals surface area contributed by atoms with E-state index in [4.69, 9.17) is 9.47 Å². The van der Waals surface area contributed by atoms with Crippen LogP contribution >= 0.6 is 0 Å². The summed E-state index contributed by atoms with van der Waals surface area (Å²) in [6.07, 6.45) is 1.89. The Hall–Kier alpha value is -1.97. The van der Waals surface area contributed by atoms with Crippen LogP contribution in [0.1, 0.15) is 24.2 Å². The van der Waals surface area contributed by atoms with E-state index in [1.165, 1.54) is 0 Å². The first-order valence-electron chi connectivity index (χ1n) is 5.64. The molecule has 17 heavy (non-hydrogen) atoms. The normalized spacial score (nSPS) is 13.3. The second kappa shape index (κ2) is 3.52. The highest BCUT2D eigenvalue weighted by Gasteiger charge is 2.19. The number of nitrogens with zero attached hydrogens (tertiary/aromatic N) is 1. The third-order valence-electron chi connectivity index (χ3n) is 3.10. The van der Waals surface area contributed by atoms with E-state index in [1.807, 2.05) is 29.8 Å². The van der Waals surface area contributed by atoms with Gasteiger partial charge in [-0.15, -0.1) is 0 Å². The quantitative estimate of drug-likeness (QED) is 0.746. The summed E-state index contributed by atoms with van der Waals surface area (Å²) in [6, 6.07) is 3.83. The third kappa shape index (κ3) is 1.40. The predicted octanol–water partition coefficient (Wildman–Crippen LogP) is 2.59. The molecule has 1 aromatic heterocycles. The molecule has 0 bridgehead atoms. The van der Waals surface area contributed by atoms with E-state index in [-0.39, 0.29) is 12.6 Å². The van der Waals surface area contributed by atoms with Crippen molar-refractivity contribution >= 4 is 16.7 Å². The fourth-order valence-corrected chi connectivity index (χ4v) is 2.22. The van der Waals surface area contributed by atoms with Gasteiger partial charge in [0.15, 0.2) is 17.3 Å². The minimum atomic E-state index is 0.0704. The first-order valence-corrected chi connectivity index (χ1v) is 5.64. The number of carbonyl (C=O) groups excluding carboxylic acids is 1. The highest BCUT2D eigenvalue weighted by molar-refractivity contribution is 6.07. The average molecular weight is 231 g/mol. The first kappa shape index (κ1) is 10.2. The summed E-state index contributed by atoms with van der Waals surface area (Å²) in [4.78, 5) is 11.6. The maximum atomic E-state index is 11.6. The molecule has 0 radical (unpaired) electrons. The van der Waals surface area contributed by atoms with Crippen LogP contribution in [0.2, 0.25) is 0 Å². The number of fused-ring (bicyclic) bond motifs is 2. The molecule has 1 aliphatic heterocycles. The number of carbonyl (C=O) groups is 1. The Morgan fingerprint density at radius 3 is 2.71 bits per heavy atom. The van der Waals surface area contributed by atoms with Crippen molar-refractivity contribution in [3.05, 3.63) is 23.9 Å². The van der Waals surface area contributed by atoms with Gasteiger partial charge in [-0.25, -0.2) is 0 Å². The molecule has 0 amide bonds. The summed E-state index contributed by atoms with van der Waals surface area (Å²) in [5.41, 5.74) is 1.75. The van der Waals surface area contributed by atoms with Gasteiger partial charge < -0.3 is 14.0 Å². The fourth-order valence-electron chi connectivity index (χ4n) is 2.22. The van der Waals surface area contributed by atoms with Crippen molar-refractivity contribution in [1.82, 2.24) is 4.57 Å². The van der Waals surface area contributed by atoms with Crippen molar-refractivity contribution in [2.24, 2.45) is 0 Å². The number of Topliss-reactive ketones (excluding diaryl/α,β-unsaturated/α-hetero) is 1. The molecule has 2 heterocycles. The van der Waals surface area contributed by atoms with Crippen molar-refractivity contribution in [2.45, 2.75) is 20.4 Å². The number of aromatic nitrogens is 1. The zero-order valence-corrected chi connectivity index (χ0v) is 9.82. The maximum Gasteiger partial charge on any atom is 0.231 e. The molecule has 88 valence electrons. The topological polar surface area (TPSA) is 40.5 Å². The Morgan fingerprint density at radius 1 is 1.35 bits per heavy atom. The SMILES string of the molecule is CCn1cc(C(C)=O)c2cc3c(cc21)OCO3. The van der Waals surface area contributed by atoms with Gasteiger partial charge in [-0.1, -0.05) is 0 Å². The van der Waals surface area contributed by atoms with Gasteiger partial charge in [0, 0.05) is 29.8 Å². The Kier molecular flexibility index (Phi) is 2.11. The monoisotopic (exact) mass is 231 g/mol. The molecule has 0 fully saturated rings. The van der Waals surface area contributed by atoms with Crippen LogP contribution in [0.5, 0.6) is 11.5 Å². The van der Waals surface area contributed by atoms with Crippen LogP contribution in [-0.4, -0.2) is 17.1 Å². The lowest BCUT2D eigenvalue weighted by molar-refractivity contribution is 0.101. The summed E-state index contributed by atoms with van der Waals surface area (Å²) in [5.74, 6) is 1.54. The third-order valence-corrected chi connectivity index (χ3v) is 3.10. The van der Waals surface area contributed by atoms with Crippen LogP contribution in [0.3, 0.4) is 0 Å². The standard InChI is InChI=1S/C13H13NO3/c1-3-14-6-10(8(2)15)9-4-12-13(5-11(9)14)17-7-16-12/h4-6H,3,7H2,1-2H3. The summed E-state index contributed by atoms with van der Waals surface area (Å²) in [7, 11) is 0. The lowest BCUT2D eigenvalue weighted by Gasteiger charge is -2.01. The fraction of sp³-hybridized carbons (Fsp3) is 0.308. The molecule has 0 N–H and O–H groups in total. The molecule has 1 aromatic carbocycles. The molecule has 2 aromatic rings. The van der Waals surface area contributed by atoms with Crippen molar-refractivity contribution in [1.29, 1.82) is 0 Å². The van der Waals surface area contributed by atoms with E-state index in [9.17, 15) is 4.79 Å². The number of rotatable bonds is 2. The van der Waals surface area contributed by atoms with Gasteiger partial charge >= 0.3 is 0 Å². The van der Waals surface area contributed by atoms with Crippen molar-refractivity contribution in [3.8, 4) is 11.5 Å². The average Bonchev–Trinajstić information content (AvgIpc) is 2.88. The zero-order valence-electron chi connectivity index (χ0n) is 9.82. The van der Waals surface area contributed by atoms with Crippen LogP contribution < -0.4 is 9.47 Å². The predicted molar refractivity (Wildman–Crippen MR) is 63.7 cm³/mol. The lowest BCUT2D eigenvalue weighted by Crippen LogP contribution is -1.93. The molecule has 0 saturated heterocycles. The highest BCUT2D eigenvalue weighted by atomic mass is 16.7. The van der Waals surface area contributed by atoms with Gasteiger partial charge in [0.2, 0.25) is 6.79 Å². The number of ketones is 1. The summed E-state index contributed by atoms with van der Waals surface area (Å²) >= 11 is 0. The number of benzene rings is 1. The largest absolute Gasteiger partial charge is 0.454 e. The molecule has 0 spiro atoms. The number of hydrogen-bond acceptors (Lipinski definition) is 3. The molecule has 0 aliphatic carbocycles. The van der Waals surface area contributed by atoms with Gasteiger partial charge in [0.1, 0.15) is 0 Å². The smallest absolute Gasteiger partial charge is 0.231 e. The van der Waals surface area contributed by atoms with Crippen molar-refractivity contribution < 1.29 is 14.3 Å². The molecule has 3 rings (SSSR count). The van der Waals surface area contributed by atoms with E-state index in [0.717, 1.165) is 28.8 Å². The minimum Gasteiger partial charge on any atom is -0.454 e. The van der Waals surface area contributed by atoms with Crippen LogP contribution in [0.25, 0.3) is 10.9 Å². The van der Waals surface area contributed by atoms with E-state index in [1.54, 1.807) is 6.92 Å². The van der Waals surface area contributed by atoms with Crippen LogP contribution in [0, 0.1) is 0 Å². The zero-order chi connectivity index (χ0) is 12.0. The summed E-state index contributed by atoms with van der Waals surface area (Å²) in [6.45, 7) is 4.71. The Labute approximate surface area is 98.7 Å². The molecule has 0 unspecified atom stereocenters. The molecule has 1 aliphatic rings. The summed E-state index contributed by atoms with van der Waals surface area (Å²) in [5, 5.41) is 0.934. The van der Waals surface area contributed by atoms with Crippen LogP contribution in [0.15, 0.2) is 18.3 Å². The van der Waals surface area contributed by atoms with E-state index < -0.39 is 0 Å². The van der Waals surface area contributed by atoms with E-state index >= 15 is 0 Å². The van der Waals surface area contributed by atoms with Crippen LogP contribution in [-0.2, 0) is 6.54 Å². The second-order valence-corrected chi connectivity index (χ2v) is 4.11. The van der Waals surface area contributed by atoms with Crippen LogP contribution in [0.4, 0.5) is 0 Å². The Morgan fingerprint density at radius 2 is 2.06 bits per heavy atom. The summed E-state index contributed by atoms with van der Waals surface area (Å²) < 4.78 is 12.7. The van der Waals surface area contributed by atoms with Gasteiger partial charge in [-0.2, -0.15) is 0 Å². The molecular weight excluding hydrogens is 218 g/mol.